The molecule has 19 heavy (non-hydrogen) atoms. The minimum Gasteiger partial charge on any atom is -0.496 e. The molecule has 0 fully saturated rings. The number of nitrogens with two attached hydrogens (primary N) is 1. The van der Waals surface area contributed by atoms with E-state index in [4.69, 9.17) is 22.7 Å². The fraction of sp³-hybridized carbons (Fsp3) is 0.533. The van der Waals surface area contributed by atoms with E-state index in [1.165, 1.54) is 5.56 Å². The maximum absolute atomic E-state index is 5.68. The predicted molar refractivity (Wildman–Crippen MR) is 84.7 cm³/mol. The molecule has 0 spiro atoms. The zero-order valence-corrected chi connectivity index (χ0v) is 13.1. The molecule has 0 bridgehead atoms. The van der Waals surface area contributed by atoms with Gasteiger partial charge in [0.25, 0.3) is 0 Å². The molecule has 0 aliphatic heterocycles. The second-order valence-electron chi connectivity index (χ2n) is 4.72. The Balaban J connectivity index is 2.93. The Kier molecular flexibility index (Phi) is 6.25. The van der Waals surface area contributed by atoms with E-state index >= 15 is 0 Å². The summed E-state index contributed by atoms with van der Waals surface area (Å²) in [5.41, 5.74) is 7.70. The third-order valence-electron chi connectivity index (χ3n) is 3.54. The second-order valence-corrected chi connectivity index (χ2v) is 5.16. The Labute approximate surface area is 121 Å². The number of benzene rings is 1. The van der Waals surface area contributed by atoms with Crippen molar-refractivity contribution in [1.82, 2.24) is 4.90 Å². The van der Waals surface area contributed by atoms with Crippen LogP contribution in [0.3, 0.4) is 0 Å². The van der Waals surface area contributed by atoms with Gasteiger partial charge in [0.2, 0.25) is 0 Å². The maximum atomic E-state index is 5.68. The molecule has 1 aromatic rings. The summed E-state index contributed by atoms with van der Waals surface area (Å²) in [4.78, 5) is 2.81. The standard InChI is InChI=1S/C15H24N2OS/c1-5-11(3)17(6-2)10-12-7-8-13(15(16)19)14(9-12)18-4/h7-9,11H,5-6,10H2,1-4H3,(H2,16,19). The molecular formula is C15H24N2OS. The third kappa shape index (κ3) is 4.18. The molecule has 0 amide bonds. The number of methoxy groups -OCH3 is 1. The van der Waals surface area contributed by atoms with E-state index in [1.807, 2.05) is 12.1 Å². The van der Waals surface area contributed by atoms with Gasteiger partial charge in [-0.1, -0.05) is 32.1 Å². The molecule has 0 saturated carbocycles. The first-order valence-corrected chi connectivity index (χ1v) is 7.15. The van der Waals surface area contributed by atoms with Crippen molar-refractivity contribution in [2.75, 3.05) is 13.7 Å². The monoisotopic (exact) mass is 280 g/mol. The molecular weight excluding hydrogens is 256 g/mol. The molecule has 1 aromatic carbocycles. The van der Waals surface area contributed by atoms with Crippen LogP contribution in [0.1, 0.15) is 38.3 Å². The molecule has 0 saturated heterocycles. The van der Waals surface area contributed by atoms with Crippen molar-refractivity contribution < 1.29 is 4.74 Å². The summed E-state index contributed by atoms with van der Waals surface area (Å²) in [7, 11) is 1.65. The highest BCUT2D eigenvalue weighted by Crippen LogP contribution is 2.21. The molecule has 0 aromatic heterocycles. The molecule has 2 N–H and O–H groups in total. The Morgan fingerprint density at radius 2 is 2.11 bits per heavy atom. The van der Waals surface area contributed by atoms with Crippen molar-refractivity contribution in [2.45, 2.75) is 39.8 Å². The lowest BCUT2D eigenvalue weighted by Gasteiger charge is -2.27. The molecule has 0 heterocycles. The summed E-state index contributed by atoms with van der Waals surface area (Å²) in [5, 5.41) is 0. The van der Waals surface area contributed by atoms with Crippen LogP contribution in [-0.4, -0.2) is 29.6 Å². The first-order valence-electron chi connectivity index (χ1n) is 6.74. The van der Waals surface area contributed by atoms with Crippen LogP contribution in [0.5, 0.6) is 5.75 Å². The lowest BCUT2D eigenvalue weighted by Crippen LogP contribution is -2.31. The molecule has 3 nitrogen and oxygen atoms in total. The number of nitrogens with zero attached hydrogens (tertiary/aromatic N) is 1. The average molecular weight is 280 g/mol. The fourth-order valence-electron chi connectivity index (χ4n) is 2.11. The molecule has 106 valence electrons. The van der Waals surface area contributed by atoms with Crippen molar-refractivity contribution in [3.05, 3.63) is 29.3 Å². The van der Waals surface area contributed by atoms with Crippen molar-refractivity contribution >= 4 is 17.2 Å². The first kappa shape index (κ1) is 15.9. The molecule has 0 aliphatic carbocycles. The first-order chi connectivity index (χ1) is 9.03. The van der Waals surface area contributed by atoms with Gasteiger partial charge in [-0.3, -0.25) is 4.90 Å². The summed E-state index contributed by atoms with van der Waals surface area (Å²) >= 11 is 5.02. The number of thiocarbonyl (C=S) groups is 1. The normalized spacial score (nSPS) is 12.5. The Hall–Kier alpha value is -1.13. The van der Waals surface area contributed by atoms with Gasteiger partial charge in [0.15, 0.2) is 0 Å². The zero-order valence-electron chi connectivity index (χ0n) is 12.3. The topological polar surface area (TPSA) is 38.5 Å². The quantitative estimate of drug-likeness (QED) is 0.779. The van der Waals surface area contributed by atoms with Gasteiger partial charge in [0, 0.05) is 12.6 Å². The van der Waals surface area contributed by atoms with Gasteiger partial charge in [0.1, 0.15) is 10.7 Å². The van der Waals surface area contributed by atoms with Crippen molar-refractivity contribution in [1.29, 1.82) is 0 Å². The summed E-state index contributed by atoms with van der Waals surface area (Å²) in [5.74, 6) is 0.755. The van der Waals surface area contributed by atoms with Crippen molar-refractivity contribution in [2.24, 2.45) is 5.73 Å². The van der Waals surface area contributed by atoms with Gasteiger partial charge in [0.05, 0.1) is 12.7 Å². The summed E-state index contributed by atoms with van der Waals surface area (Å²) in [6.45, 7) is 8.61. The summed E-state index contributed by atoms with van der Waals surface area (Å²) in [6, 6.07) is 6.62. The van der Waals surface area contributed by atoms with E-state index in [-0.39, 0.29) is 0 Å². The second kappa shape index (κ2) is 7.46. The van der Waals surface area contributed by atoms with E-state index in [1.54, 1.807) is 7.11 Å². The number of hydrogen-bond acceptors (Lipinski definition) is 3. The average Bonchev–Trinajstić information content (AvgIpc) is 2.43. The van der Waals surface area contributed by atoms with Crippen molar-refractivity contribution in [3.8, 4) is 5.75 Å². The highest BCUT2D eigenvalue weighted by Gasteiger charge is 2.12. The van der Waals surface area contributed by atoms with Gasteiger partial charge in [-0.05, 0) is 37.6 Å². The van der Waals surface area contributed by atoms with E-state index in [9.17, 15) is 0 Å². The Morgan fingerprint density at radius 1 is 1.42 bits per heavy atom. The van der Waals surface area contributed by atoms with Crippen LogP contribution in [0.2, 0.25) is 0 Å². The van der Waals surface area contributed by atoms with Gasteiger partial charge in [-0.25, -0.2) is 0 Å². The van der Waals surface area contributed by atoms with E-state index < -0.39 is 0 Å². The SMILES string of the molecule is CCC(C)N(CC)Cc1ccc(C(N)=S)c(OC)c1. The van der Waals surface area contributed by atoms with E-state index in [0.29, 0.717) is 11.0 Å². The minimum absolute atomic E-state index is 0.373. The van der Waals surface area contributed by atoms with Crippen LogP contribution >= 0.6 is 12.2 Å². The summed E-state index contributed by atoms with van der Waals surface area (Å²) < 4.78 is 5.36. The molecule has 0 aliphatic rings. The molecule has 0 radical (unpaired) electrons. The highest BCUT2D eigenvalue weighted by atomic mass is 32.1. The molecule has 1 rings (SSSR count). The van der Waals surface area contributed by atoms with Gasteiger partial charge >= 0.3 is 0 Å². The lowest BCUT2D eigenvalue weighted by molar-refractivity contribution is 0.206. The Bertz CT molecular complexity index is 434. The summed E-state index contributed by atoms with van der Waals surface area (Å²) in [6.07, 6.45) is 1.15. The Morgan fingerprint density at radius 3 is 2.58 bits per heavy atom. The highest BCUT2D eigenvalue weighted by molar-refractivity contribution is 7.80. The van der Waals surface area contributed by atoms with Gasteiger partial charge < -0.3 is 10.5 Å². The van der Waals surface area contributed by atoms with Crippen molar-refractivity contribution in [3.63, 3.8) is 0 Å². The van der Waals surface area contributed by atoms with Crippen LogP contribution in [0.4, 0.5) is 0 Å². The third-order valence-corrected chi connectivity index (χ3v) is 3.76. The minimum atomic E-state index is 0.373. The maximum Gasteiger partial charge on any atom is 0.129 e. The van der Waals surface area contributed by atoms with E-state index in [0.717, 1.165) is 30.8 Å². The van der Waals surface area contributed by atoms with Gasteiger partial charge in [-0.15, -0.1) is 0 Å². The van der Waals surface area contributed by atoms with Crippen LogP contribution < -0.4 is 10.5 Å². The molecule has 1 unspecified atom stereocenters. The van der Waals surface area contributed by atoms with Crippen LogP contribution in [-0.2, 0) is 6.54 Å². The van der Waals surface area contributed by atoms with Crippen LogP contribution in [0.25, 0.3) is 0 Å². The number of rotatable bonds is 7. The molecule has 4 heteroatoms. The smallest absolute Gasteiger partial charge is 0.129 e. The van der Waals surface area contributed by atoms with Crippen LogP contribution in [0, 0.1) is 0 Å². The molecule has 1 atom stereocenters. The zero-order chi connectivity index (χ0) is 14.4. The van der Waals surface area contributed by atoms with Gasteiger partial charge in [-0.2, -0.15) is 0 Å². The van der Waals surface area contributed by atoms with E-state index in [2.05, 4.69) is 31.7 Å². The number of ether oxygens (including phenoxy) is 1. The lowest BCUT2D eigenvalue weighted by atomic mass is 10.1. The fourth-order valence-corrected chi connectivity index (χ4v) is 2.28. The van der Waals surface area contributed by atoms with Crippen LogP contribution in [0.15, 0.2) is 18.2 Å². The predicted octanol–water partition coefficient (Wildman–Crippen LogP) is 2.95. The largest absolute Gasteiger partial charge is 0.496 e. The number of hydrogen-bond donors (Lipinski definition) is 1.